The van der Waals surface area contributed by atoms with Crippen LogP contribution >= 0.6 is 0 Å². The van der Waals surface area contributed by atoms with Crippen molar-refractivity contribution in [2.75, 3.05) is 19.0 Å². The Balaban J connectivity index is 2.09. The van der Waals surface area contributed by atoms with Crippen LogP contribution in [0.25, 0.3) is 0 Å². The summed E-state index contributed by atoms with van der Waals surface area (Å²) in [4.78, 5) is 11.2. The maximum absolute atomic E-state index is 11.2. The molecular formula is C19H23N5O2. The molecule has 0 saturated carbocycles. The zero-order valence-corrected chi connectivity index (χ0v) is 15.3. The van der Waals surface area contributed by atoms with Crippen molar-refractivity contribution in [1.29, 1.82) is 5.26 Å². The lowest BCUT2D eigenvalue weighted by Crippen LogP contribution is -2.20. The summed E-state index contributed by atoms with van der Waals surface area (Å²) >= 11 is 0. The summed E-state index contributed by atoms with van der Waals surface area (Å²) in [6, 6.07) is 9.50. The minimum Gasteiger partial charge on any atom is -0.493 e. The van der Waals surface area contributed by atoms with Crippen molar-refractivity contribution < 1.29 is 9.53 Å². The molecule has 0 atom stereocenters. The summed E-state index contributed by atoms with van der Waals surface area (Å²) in [5, 5.41) is 23.6. The summed E-state index contributed by atoms with van der Waals surface area (Å²) < 4.78 is 5.53. The van der Waals surface area contributed by atoms with Crippen molar-refractivity contribution in [3.63, 3.8) is 0 Å². The molecular weight excluding hydrogens is 330 g/mol. The van der Waals surface area contributed by atoms with Gasteiger partial charge >= 0.3 is 0 Å². The van der Waals surface area contributed by atoms with Gasteiger partial charge in [-0.25, -0.2) is 0 Å². The summed E-state index contributed by atoms with van der Waals surface area (Å²) in [7, 11) is 1.60. The highest BCUT2D eigenvalue weighted by Gasteiger charge is 2.14. The SMILES string of the molecule is CCc1nnc(Nc2ccc(OCCC(=O)NC)cc2)c(C#N)c1CC. The topological polar surface area (TPSA) is 99.9 Å². The summed E-state index contributed by atoms with van der Waals surface area (Å²) in [5.41, 5.74) is 3.10. The van der Waals surface area contributed by atoms with Crippen molar-refractivity contribution >= 4 is 17.4 Å². The van der Waals surface area contributed by atoms with Crippen LogP contribution < -0.4 is 15.4 Å². The van der Waals surface area contributed by atoms with E-state index in [0.29, 0.717) is 30.2 Å². The Morgan fingerprint density at radius 3 is 2.50 bits per heavy atom. The number of carbonyl (C=O) groups excluding carboxylic acids is 1. The van der Waals surface area contributed by atoms with Crippen LogP contribution in [0, 0.1) is 11.3 Å². The van der Waals surface area contributed by atoms with Gasteiger partial charge in [0, 0.05) is 12.7 Å². The zero-order chi connectivity index (χ0) is 18.9. The maximum atomic E-state index is 11.2. The largest absolute Gasteiger partial charge is 0.493 e. The van der Waals surface area contributed by atoms with Crippen LogP contribution in [0.5, 0.6) is 5.75 Å². The van der Waals surface area contributed by atoms with Crippen LogP contribution in [0.15, 0.2) is 24.3 Å². The average Bonchev–Trinajstić information content (AvgIpc) is 2.68. The highest BCUT2D eigenvalue weighted by Crippen LogP contribution is 2.24. The Kier molecular flexibility index (Phi) is 6.92. The first-order chi connectivity index (χ1) is 12.6. The predicted octanol–water partition coefficient (Wildman–Crippen LogP) is 2.73. The van der Waals surface area contributed by atoms with E-state index in [4.69, 9.17) is 4.74 Å². The quantitative estimate of drug-likeness (QED) is 0.757. The Morgan fingerprint density at radius 1 is 1.19 bits per heavy atom. The lowest BCUT2D eigenvalue weighted by atomic mass is 10.0. The maximum Gasteiger partial charge on any atom is 0.223 e. The van der Waals surface area contributed by atoms with E-state index in [0.717, 1.165) is 29.8 Å². The van der Waals surface area contributed by atoms with Gasteiger partial charge < -0.3 is 15.4 Å². The van der Waals surface area contributed by atoms with Gasteiger partial charge in [-0.2, -0.15) is 10.4 Å². The molecule has 136 valence electrons. The van der Waals surface area contributed by atoms with Crippen LogP contribution in [-0.4, -0.2) is 29.8 Å². The minimum absolute atomic E-state index is 0.0619. The molecule has 7 nitrogen and oxygen atoms in total. The fraction of sp³-hybridized carbons (Fsp3) is 0.368. The fourth-order valence-electron chi connectivity index (χ4n) is 2.54. The third-order valence-corrected chi connectivity index (χ3v) is 3.95. The molecule has 0 radical (unpaired) electrons. The molecule has 0 unspecified atom stereocenters. The highest BCUT2D eigenvalue weighted by atomic mass is 16.5. The number of benzene rings is 1. The summed E-state index contributed by atoms with van der Waals surface area (Å²) in [5.74, 6) is 1.06. The average molecular weight is 353 g/mol. The van der Waals surface area contributed by atoms with E-state index in [2.05, 4.69) is 26.9 Å². The van der Waals surface area contributed by atoms with Gasteiger partial charge in [-0.05, 0) is 42.7 Å². The number of hydrogen-bond acceptors (Lipinski definition) is 6. The Morgan fingerprint density at radius 2 is 1.92 bits per heavy atom. The van der Waals surface area contributed by atoms with Crippen LogP contribution in [0.1, 0.15) is 37.1 Å². The van der Waals surface area contributed by atoms with Crippen molar-refractivity contribution in [1.82, 2.24) is 15.5 Å². The van der Waals surface area contributed by atoms with E-state index in [1.165, 1.54) is 0 Å². The molecule has 7 heteroatoms. The standard InChI is InChI=1S/C19H23N5O2/c1-4-15-16(12-20)19(24-23-17(15)5-2)22-13-6-8-14(9-7-13)26-11-10-18(25)21-3/h6-9H,4-5,10-11H2,1-3H3,(H,21,25)(H,22,24). The smallest absolute Gasteiger partial charge is 0.223 e. The van der Waals surface area contributed by atoms with Crippen LogP contribution in [0.4, 0.5) is 11.5 Å². The van der Waals surface area contributed by atoms with Gasteiger partial charge in [0.05, 0.1) is 18.7 Å². The number of nitriles is 1. The molecule has 1 amide bonds. The van der Waals surface area contributed by atoms with Crippen LogP contribution in [0.2, 0.25) is 0 Å². The Bertz CT molecular complexity index is 797. The van der Waals surface area contributed by atoms with Gasteiger partial charge in [-0.1, -0.05) is 13.8 Å². The monoisotopic (exact) mass is 353 g/mol. The molecule has 0 aliphatic heterocycles. The third kappa shape index (κ3) is 4.70. The summed E-state index contributed by atoms with van der Waals surface area (Å²) in [6.45, 7) is 4.32. The number of amides is 1. The molecule has 0 fully saturated rings. The second-order valence-electron chi connectivity index (χ2n) is 5.59. The molecule has 1 aromatic heterocycles. The van der Waals surface area contributed by atoms with Gasteiger partial charge in [0.25, 0.3) is 0 Å². The van der Waals surface area contributed by atoms with Crippen LogP contribution in [0.3, 0.4) is 0 Å². The van der Waals surface area contributed by atoms with E-state index in [9.17, 15) is 10.1 Å². The molecule has 1 heterocycles. The first-order valence-corrected chi connectivity index (χ1v) is 8.61. The molecule has 2 rings (SSSR count). The lowest BCUT2D eigenvalue weighted by molar-refractivity contribution is -0.121. The third-order valence-electron chi connectivity index (χ3n) is 3.95. The van der Waals surface area contributed by atoms with Gasteiger partial charge in [0.1, 0.15) is 17.4 Å². The van der Waals surface area contributed by atoms with Gasteiger partial charge in [-0.3, -0.25) is 4.79 Å². The fourth-order valence-corrected chi connectivity index (χ4v) is 2.54. The number of carbonyl (C=O) groups is 1. The zero-order valence-electron chi connectivity index (χ0n) is 15.3. The van der Waals surface area contributed by atoms with E-state index in [1.807, 2.05) is 26.0 Å². The van der Waals surface area contributed by atoms with Gasteiger partial charge in [0.2, 0.25) is 5.91 Å². The first-order valence-electron chi connectivity index (χ1n) is 8.61. The number of aromatic nitrogens is 2. The molecule has 1 aromatic carbocycles. The normalized spacial score (nSPS) is 10.1. The molecule has 2 N–H and O–H groups in total. The highest BCUT2D eigenvalue weighted by molar-refractivity contribution is 5.75. The molecule has 0 aliphatic carbocycles. The predicted molar refractivity (Wildman–Crippen MR) is 99.4 cm³/mol. The molecule has 0 saturated heterocycles. The molecule has 26 heavy (non-hydrogen) atoms. The van der Waals surface area contributed by atoms with E-state index >= 15 is 0 Å². The molecule has 0 spiro atoms. The van der Waals surface area contributed by atoms with E-state index in [1.54, 1.807) is 19.2 Å². The van der Waals surface area contributed by atoms with Crippen molar-refractivity contribution in [2.45, 2.75) is 33.1 Å². The van der Waals surface area contributed by atoms with E-state index in [-0.39, 0.29) is 5.91 Å². The second-order valence-corrected chi connectivity index (χ2v) is 5.59. The first kappa shape index (κ1) is 19.2. The Hall–Kier alpha value is -3.14. The van der Waals surface area contributed by atoms with Gasteiger partial charge in [-0.15, -0.1) is 5.10 Å². The Labute approximate surface area is 153 Å². The number of ether oxygens (including phenoxy) is 1. The summed E-state index contributed by atoms with van der Waals surface area (Å²) in [6.07, 6.45) is 1.78. The number of nitrogens with one attached hydrogen (secondary N) is 2. The number of anilines is 2. The van der Waals surface area contributed by atoms with Gasteiger partial charge in [0.15, 0.2) is 5.82 Å². The molecule has 0 bridgehead atoms. The number of rotatable bonds is 8. The second kappa shape index (κ2) is 9.37. The number of nitrogens with zero attached hydrogens (tertiary/aromatic N) is 3. The van der Waals surface area contributed by atoms with Crippen molar-refractivity contribution in [3.05, 3.63) is 41.1 Å². The molecule has 0 aliphatic rings. The van der Waals surface area contributed by atoms with Crippen molar-refractivity contribution in [2.24, 2.45) is 0 Å². The van der Waals surface area contributed by atoms with E-state index < -0.39 is 0 Å². The lowest BCUT2D eigenvalue weighted by Gasteiger charge is -2.12. The minimum atomic E-state index is -0.0619. The number of hydrogen-bond donors (Lipinski definition) is 2. The number of aryl methyl sites for hydroxylation is 1. The van der Waals surface area contributed by atoms with Crippen LogP contribution in [-0.2, 0) is 17.6 Å². The van der Waals surface area contributed by atoms with Crippen molar-refractivity contribution in [3.8, 4) is 11.8 Å². The molecule has 2 aromatic rings.